The van der Waals surface area contributed by atoms with Gasteiger partial charge in [-0.15, -0.1) is 0 Å². The molecule has 0 unspecified atom stereocenters. The van der Waals surface area contributed by atoms with Gasteiger partial charge in [-0.3, -0.25) is 14.3 Å². The summed E-state index contributed by atoms with van der Waals surface area (Å²) in [6, 6.07) is 6.97. The van der Waals surface area contributed by atoms with Crippen LogP contribution in [0.5, 0.6) is 5.88 Å². The van der Waals surface area contributed by atoms with Crippen LogP contribution in [0.1, 0.15) is 27.2 Å². The van der Waals surface area contributed by atoms with Crippen LogP contribution >= 0.6 is 15.9 Å². The largest absolute Gasteiger partial charge is 0.494 e. The van der Waals surface area contributed by atoms with Crippen LogP contribution in [-0.4, -0.2) is 14.7 Å². The number of aromatic hydroxyl groups is 1. The van der Waals surface area contributed by atoms with Crippen LogP contribution in [0.4, 0.5) is 0 Å². The van der Waals surface area contributed by atoms with Gasteiger partial charge in [0.05, 0.1) is 0 Å². The molecule has 0 bridgehead atoms. The molecule has 0 amide bonds. The maximum absolute atomic E-state index is 12.1. The van der Waals surface area contributed by atoms with Crippen LogP contribution in [-0.2, 0) is 5.54 Å². The number of nitrogens with zero attached hydrogens (tertiary/aromatic N) is 1. The molecule has 6 heteroatoms. The van der Waals surface area contributed by atoms with Gasteiger partial charge in [-0.2, -0.15) is 0 Å². The maximum Gasteiger partial charge on any atom is 0.331 e. The molecule has 2 aromatic rings. The van der Waals surface area contributed by atoms with Crippen molar-refractivity contribution in [2.24, 2.45) is 0 Å². The summed E-state index contributed by atoms with van der Waals surface area (Å²) in [5.74, 6) is -0.307. The van der Waals surface area contributed by atoms with E-state index in [2.05, 4.69) is 20.9 Å². The molecule has 0 aliphatic heterocycles. The standard InChI is InChI=1S/C15H17BrN2O3/c1-4-15(2,3)18-13(20)11(12(19)17-14(18)21)9-5-7-10(16)8-6-9/h5-8,20H,4H2,1-3H3,(H,17,19,21). The molecule has 1 aromatic carbocycles. The molecule has 0 aliphatic rings. The highest BCUT2D eigenvalue weighted by Crippen LogP contribution is 2.30. The molecule has 0 aliphatic carbocycles. The van der Waals surface area contributed by atoms with E-state index in [1.165, 1.54) is 4.57 Å². The normalized spacial score (nSPS) is 11.6. The second kappa shape index (κ2) is 5.52. The van der Waals surface area contributed by atoms with Crippen LogP contribution in [0, 0.1) is 0 Å². The quantitative estimate of drug-likeness (QED) is 0.891. The Hall–Kier alpha value is -1.82. The number of aromatic nitrogens is 2. The van der Waals surface area contributed by atoms with Gasteiger partial charge < -0.3 is 5.11 Å². The van der Waals surface area contributed by atoms with Crippen molar-refractivity contribution in [3.8, 4) is 17.0 Å². The lowest BCUT2D eigenvalue weighted by atomic mass is 10.0. The van der Waals surface area contributed by atoms with Crippen molar-refractivity contribution in [2.75, 3.05) is 0 Å². The number of nitrogens with one attached hydrogen (secondary N) is 1. The third-order valence-electron chi connectivity index (χ3n) is 3.69. The van der Waals surface area contributed by atoms with Crippen LogP contribution in [0.3, 0.4) is 0 Å². The van der Waals surface area contributed by atoms with E-state index in [1.54, 1.807) is 24.3 Å². The van der Waals surface area contributed by atoms with Crippen molar-refractivity contribution >= 4 is 15.9 Å². The molecule has 1 aromatic heterocycles. The molecule has 21 heavy (non-hydrogen) atoms. The summed E-state index contributed by atoms with van der Waals surface area (Å²) in [4.78, 5) is 26.4. The van der Waals surface area contributed by atoms with Crippen molar-refractivity contribution in [2.45, 2.75) is 32.7 Å². The molecule has 0 saturated heterocycles. The second-order valence-electron chi connectivity index (χ2n) is 5.47. The Balaban J connectivity index is 2.80. The highest BCUT2D eigenvalue weighted by atomic mass is 79.9. The molecule has 1 heterocycles. The lowest BCUT2D eigenvalue weighted by molar-refractivity contribution is 0.277. The SMILES string of the molecule is CCC(C)(C)n1c(O)c(-c2ccc(Br)cc2)c(=O)[nH]c1=O. The Morgan fingerprint density at radius 1 is 1.24 bits per heavy atom. The molecule has 112 valence electrons. The lowest BCUT2D eigenvalue weighted by Gasteiger charge is -2.27. The molecular formula is C15H17BrN2O3. The minimum atomic E-state index is -0.606. The fourth-order valence-electron chi connectivity index (χ4n) is 2.12. The molecule has 0 atom stereocenters. The molecular weight excluding hydrogens is 336 g/mol. The Kier molecular flexibility index (Phi) is 4.09. The van der Waals surface area contributed by atoms with Gasteiger partial charge in [0.15, 0.2) is 0 Å². The highest BCUT2D eigenvalue weighted by molar-refractivity contribution is 9.10. The number of aromatic amines is 1. The van der Waals surface area contributed by atoms with Crippen molar-refractivity contribution in [1.82, 2.24) is 9.55 Å². The Bertz CT molecular complexity index is 773. The van der Waals surface area contributed by atoms with E-state index in [-0.39, 0.29) is 11.4 Å². The van der Waals surface area contributed by atoms with Gasteiger partial charge in [0, 0.05) is 10.0 Å². The van der Waals surface area contributed by atoms with Gasteiger partial charge in [0.2, 0.25) is 5.88 Å². The third kappa shape index (κ3) is 2.81. The number of H-pyrrole nitrogens is 1. The first-order chi connectivity index (χ1) is 9.77. The first-order valence-corrected chi connectivity index (χ1v) is 7.42. The van der Waals surface area contributed by atoms with Gasteiger partial charge >= 0.3 is 5.69 Å². The third-order valence-corrected chi connectivity index (χ3v) is 4.22. The predicted octanol–water partition coefficient (Wildman–Crippen LogP) is 2.82. The van der Waals surface area contributed by atoms with E-state index in [1.807, 2.05) is 20.8 Å². The first-order valence-electron chi connectivity index (χ1n) is 6.62. The number of halogens is 1. The summed E-state index contributed by atoms with van der Waals surface area (Å²) in [6.07, 6.45) is 0.631. The van der Waals surface area contributed by atoms with E-state index in [4.69, 9.17) is 0 Å². The van der Waals surface area contributed by atoms with Crippen molar-refractivity contribution in [3.63, 3.8) is 0 Å². The molecule has 0 radical (unpaired) electrons. The minimum Gasteiger partial charge on any atom is -0.494 e. The van der Waals surface area contributed by atoms with Crippen LogP contribution in [0.25, 0.3) is 11.1 Å². The highest BCUT2D eigenvalue weighted by Gasteiger charge is 2.26. The van der Waals surface area contributed by atoms with Gasteiger partial charge in [-0.05, 0) is 38.0 Å². The fraction of sp³-hybridized carbons (Fsp3) is 0.333. The smallest absolute Gasteiger partial charge is 0.331 e. The van der Waals surface area contributed by atoms with Crippen molar-refractivity contribution in [1.29, 1.82) is 0 Å². The monoisotopic (exact) mass is 352 g/mol. The summed E-state index contributed by atoms with van der Waals surface area (Å²) in [5, 5.41) is 10.5. The van der Waals surface area contributed by atoms with E-state index < -0.39 is 16.8 Å². The summed E-state index contributed by atoms with van der Waals surface area (Å²) in [7, 11) is 0. The molecule has 0 spiro atoms. The Labute approximate surface area is 130 Å². The van der Waals surface area contributed by atoms with Crippen LogP contribution < -0.4 is 11.2 Å². The fourth-order valence-corrected chi connectivity index (χ4v) is 2.39. The Morgan fingerprint density at radius 2 is 1.81 bits per heavy atom. The summed E-state index contributed by atoms with van der Waals surface area (Å²) in [6.45, 7) is 5.58. The van der Waals surface area contributed by atoms with Crippen LogP contribution in [0.15, 0.2) is 38.3 Å². The van der Waals surface area contributed by atoms with Crippen LogP contribution in [0.2, 0.25) is 0 Å². The summed E-state index contributed by atoms with van der Waals surface area (Å²) >= 11 is 3.32. The molecule has 2 rings (SSSR count). The zero-order valence-corrected chi connectivity index (χ0v) is 13.7. The molecule has 2 N–H and O–H groups in total. The van der Waals surface area contributed by atoms with Gasteiger partial charge in [-0.25, -0.2) is 4.79 Å². The number of benzene rings is 1. The number of hydrogen-bond donors (Lipinski definition) is 2. The van der Waals surface area contributed by atoms with Crippen molar-refractivity contribution in [3.05, 3.63) is 49.6 Å². The molecule has 0 fully saturated rings. The second-order valence-corrected chi connectivity index (χ2v) is 6.38. The van der Waals surface area contributed by atoms with Crippen molar-refractivity contribution < 1.29 is 5.11 Å². The summed E-state index contributed by atoms with van der Waals surface area (Å²) in [5.41, 5.74) is -1.15. The topological polar surface area (TPSA) is 75.1 Å². The van der Waals surface area contributed by atoms with Gasteiger partial charge in [0.25, 0.3) is 5.56 Å². The van der Waals surface area contributed by atoms with E-state index >= 15 is 0 Å². The average Bonchev–Trinajstić information content (AvgIpc) is 2.40. The zero-order chi connectivity index (χ0) is 15.8. The zero-order valence-electron chi connectivity index (χ0n) is 12.1. The average molecular weight is 353 g/mol. The number of rotatable bonds is 3. The first kappa shape index (κ1) is 15.6. The van der Waals surface area contributed by atoms with E-state index in [9.17, 15) is 14.7 Å². The maximum atomic E-state index is 12.1. The molecule has 0 saturated carbocycles. The van der Waals surface area contributed by atoms with Gasteiger partial charge in [-0.1, -0.05) is 35.0 Å². The summed E-state index contributed by atoms with van der Waals surface area (Å²) < 4.78 is 2.09. The molecule has 5 nitrogen and oxygen atoms in total. The van der Waals surface area contributed by atoms with Gasteiger partial charge in [0.1, 0.15) is 5.56 Å². The van der Waals surface area contributed by atoms with E-state index in [0.29, 0.717) is 12.0 Å². The number of hydrogen-bond acceptors (Lipinski definition) is 3. The lowest BCUT2D eigenvalue weighted by Crippen LogP contribution is -2.40. The minimum absolute atomic E-state index is 0.101. The van der Waals surface area contributed by atoms with E-state index in [0.717, 1.165) is 4.47 Å². The predicted molar refractivity (Wildman–Crippen MR) is 85.7 cm³/mol. The Morgan fingerprint density at radius 3 is 2.33 bits per heavy atom.